The van der Waals surface area contributed by atoms with Crippen LogP contribution in [-0.2, 0) is 5.88 Å². The summed E-state index contributed by atoms with van der Waals surface area (Å²) >= 11 is 7.74. The summed E-state index contributed by atoms with van der Waals surface area (Å²) < 4.78 is 2.06. The van der Waals surface area contributed by atoms with Crippen LogP contribution in [0.1, 0.15) is 16.8 Å². The van der Waals surface area contributed by atoms with Gasteiger partial charge in [0, 0.05) is 24.3 Å². The van der Waals surface area contributed by atoms with Crippen LogP contribution in [-0.4, -0.2) is 16.4 Å². The Morgan fingerprint density at radius 1 is 1.25 bits per heavy atom. The Labute approximate surface area is 127 Å². The second-order valence-corrected chi connectivity index (χ2v) is 6.12. The van der Waals surface area contributed by atoms with E-state index in [2.05, 4.69) is 41.3 Å². The van der Waals surface area contributed by atoms with Crippen molar-refractivity contribution in [3.8, 4) is 0 Å². The first-order valence-corrected chi connectivity index (χ1v) is 7.84. The first-order chi connectivity index (χ1) is 9.60. The molecule has 0 saturated carbocycles. The second kappa shape index (κ2) is 5.11. The number of nitrogens with zero attached hydrogens (tertiary/aromatic N) is 3. The molecule has 5 heteroatoms. The molecule has 3 rings (SSSR count). The van der Waals surface area contributed by atoms with Gasteiger partial charge in [0.15, 0.2) is 10.8 Å². The molecule has 0 fully saturated rings. The van der Waals surface area contributed by atoms with Gasteiger partial charge in [0.05, 0.1) is 11.6 Å². The molecule has 0 aliphatic rings. The van der Waals surface area contributed by atoms with Crippen LogP contribution in [0.4, 0.5) is 11.5 Å². The topological polar surface area (TPSA) is 20.5 Å². The number of halogens is 1. The molecule has 0 bridgehead atoms. The minimum Gasteiger partial charge on any atom is -0.328 e. The highest BCUT2D eigenvalue weighted by molar-refractivity contribution is 7.15. The number of aromatic nitrogens is 2. The summed E-state index contributed by atoms with van der Waals surface area (Å²) in [7, 11) is 2.04. The minimum atomic E-state index is 0.447. The van der Waals surface area contributed by atoms with Gasteiger partial charge in [0.1, 0.15) is 0 Å². The lowest BCUT2D eigenvalue weighted by Gasteiger charge is -2.19. The maximum absolute atomic E-state index is 6.12. The van der Waals surface area contributed by atoms with Crippen molar-refractivity contribution in [3.05, 3.63) is 46.6 Å². The van der Waals surface area contributed by atoms with Crippen LogP contribution in [0.3, 0.4) is 0 Å². The van der Waals surface area contributed by atoms with Crippen LogP contribution in [0.2, 0.25) is 0 Å². The van der Waals surface area contributed by atoms with Gasteiger partial charge in [-0.3, -0.25) is 4.40 Å². The third-order valence-electron chi connectivity index (χ3n) is 3.38. The zero-order valence-corrected chi connectivity index (χ0v) is 13.3. The van der Waals surface area contributed by atoms with Gasteiger partial charge in [-0.25, -0.2) is 4.98 Å². The number of hydrogen-bond acceptors (Lipinski definition) is 3. The second-order valence-electron chi connectivity index (χ2n) is 4.98. The number of benzene rings is 1. The van der Waals surface area contributed by atoms with Crippen molar-refractivity contribution in [2.75, 3.05) is 11.9 Å². The summed E-state index contributed by atoms with van der Waals surface area (Å²) in [6.45, 7) is 4.22. The van der Waals surface area contributed by atoms with Gasteiger partial charge in [-0.1, -0.05) is 6.07 Å². The van der Waals surface area contributed by atoms with Crippen LogP contribution in [0, 0.1) is 13.8 Å². The molecule has 0 radical (unpaired) electrons. The molecule has 0 spiro atoms. The van der Waals surface area contributed by atoms with Crippen LogP contribution in [0.5, 0.6) is 0 Å². The molecule has 2 aromatic heterocycles. The standard InChI is InChI=1S/C15H16ClN3S/c1-10-6-11(2)8-12(7-10)18(3)14-13(9-16)19-4-5-20-15(19)17-14/h4-8H,9H2,1-3H3. The lowest BCUT2D eigenvalue weighted by Crippen LogP contribution is -2.12. The number of thiazole rings is 1. The molecule has 1 aromatic carbocycles. The largest absolute Gasteiger partial charge is 0.328 e. The first-order valence-electron chi connectivity index (χ1n) is 6.42. The van der Waals surface area contributed by atoms with Crippen LogP contribution >= 0.6 is 22.9 Å². The van der Waals surface area contributed by atoms with E-state index in [-0.39, 0.29) is 0 Å². The molecular weight excluding hydrogens is 290 g/mol. The highest BCUT2D eigenvalue weighted by Crippen LogP contribution is 2.31. The van der Waals surface area contributed by atoms with Gasteiger partial charge >= 0.3 is 0 Å². The molecule has 0 saturated heterocycles. The van der Waals surface area contributed by atoms with Crippen LogP contribution in [0.25, 0.3) is 4.96 Å². The Kier molecular flexibility index (Phi) is 3.44. The Morgan fingerprint density at radius 2 is 1.95 bits per heavy atom. The van der Waals surface area contributed by atoms with Gasteiger partial charge in [0.25, 0.3) is 0 Å². The van der Waals surface area contributed by atoms with E-state index in [4.69, 9.17) is 16.6 Å². The average Bonchev–Trinajstić information content (AvgIpc) is 2.96. The highest BCUT2D eigenvalue weighted by Gasteiger charge is 2.17. The van der Waals surface area contributed by atoms with Crippen molar-refractivity contribution in [2.45, 2.75) is 19.7 Å². The maximum atomic E-state index is 6.12. The summed E-state index contributed by atoms with van der Waals surface area (Å²) in [6, 6.07) is 6.50. The molecule has 0 atom stereocenters. The molecule has 2 heterocycles. The fourth-order valence-electron chi connectivity index (χ4n) is 2.48. The molecule has 0 N–H and O–H groups in total. The van der Waals surface area contributed by atoms with Crippen molar-refractivity contribution in [2.24, 2.45) is 0 Å². The van der Waals surface area contributed by atoms with Crippen molar-refractivity contribution < 1.29 is 0 Å². The number of fused-ring (bicyclic) bond motifs is 1. The monoisotopic (exact) mass is 305 g/mol. The van der Waals surface area contributed by atoms with E-state index in [0.717, 1.165) is 22.2 Å². The summed E-state index contributed by atoms with van der Waals surface area (Å²) in [6.07, 6.45) is 2.02. The predicted octanol–water partition coefficient (Wildman–Crippen LogP) is 4.52. The quantitative estimate of drug-likeness (QED) is 0.663. The van der Waals surface area contributed by atoms with Crippen molar-refractivity contribution in [3.63, 3.8) is 0 Å². The normalized spacial score (nSPS) is 11.2. The number of anilines is 2. The van der Waals surface area contributed by atoms with Crippen LogP contribution < -0.4 is 4.90 Å². The molecule has 20 heavy (non-hydrogen) atoms. The van der Waals surface area contributed by atoms with E-state index in [1.807, 2.05) is 18.6 Å². The van der Waals surface area contributed by atoms with Crippen molar-refractivity contribution in [1.29, 1.82) is 0 Å². The zero-order valence-electron chi connectivity index (χ0n) is 11.7. The van der Waals surface area contributed by atoms with E-state index < -0.39 is 0 Å². The fourth-order valence-corrected chi connectivity index (χ4v) is 3.46. The zero-order chi connectivity index (χ0) is 14.3. The molecule has 104 valence electrons. The molecule has 3 aromatic rings. The Morgan fingerprint density at radius 3 is 2.60 bits per heavy atom. The maximum Gasteiger partial charge on any atom is 0.195 e. The van der Waals surface area contributed by atoms with E-state index in [1.165, 1.54) is 11.1 Å². The number of hydrogen-bond donors (Lipinski definition) is 0. The highest BCUT2D eigenvalue weighted by atomic mass is 35.5. The summed E-state index contributed by atoms with van der Waals surface area (Å²) in [5.74, 6) is 1.37. The fraction of sp³-hybridized carbons (Fsp3) is 0.267. The molecule has 0 unspecified atom stereocenters. The van der Waals surface area contributed by atoms with Crippen LogP contribution in [0.15, 0.2) is 29.8 Å². The first kappa shape index (κ1) is 13.5. The number of aryl methyl sites for hydroxylation is 2. The Balaban J connectivity index is 2.11. The van der Waals surface area contributed by atoms with E-state index in [1.54, 1.807) is 11.3 Å². The van der Waals surface area contributed by atoms with Crippen molar-refractivity contribution in [1.82, 2.24) is 9.38 Å². The smallest absolute Gasteiger partial charge is 0.195 e. The number of imidazole rings is 1. The van der Waals surface area contributed by atoms with Gasteiger partial charge in [-0.15, -0.1) is 22.9 Å². The van der Waals surface area contributed by atoms with Crippen molar-refractivity contribution >= 4 is 39.4 Å². The summed E-state index contributed by atoms with van der Waals surface area (Å²) in [5, 5.41) is 2.03. The summed E-state index contributed by atoms with van der Waals surface area (Å²) in [5.41, 5.74) is 4.67. The third kappa shape index (κ3) is 2.19. The minimum absolute atomic E-state index is 0.447. The lowest BCUT2D eigenvalue weighted by atomic mass is 10.1. The Bertz CT molecular complexity index is 739. The van der Waals surface area contributed by atoms with Gasteiger partial charge in [0.2, 0.25) is 0 Å². The molecule has 0 amide bonds. The molecule has 0 aliphatic carbocycles. The molecule has 3 nitrogen and oxygen atoms in total. The van der Waals surface area contributed by atoms with E-state index in [0.29, 0.717) is 5.88 Å². The number of rotatable bonds is 3. The number of alkyl halides is 1. The third-order valence-corrected chi connectivity index (χ3v) is 4.39. The summed E-state index contributed by atoms with van der Waals surface area (Å²) in [4.78, 5) is 7.79. The van der Waals surface area contributed by atoms with E-state index in [9.17, 15) is 0 Å². The molecule has 0 aliphatic heterocycles. The van der Waals surface area contributed by atoms with Gasteiger partial charge in [-0.2, -0.15) is 0 Å². The average molecular weight is 306 g/mol. The Hall–Kier alpha value is -1.52. The van der Waals surface area contributed by atoms with Gasteiger partial charge in [-0.05, 0) is 37.1 Å². The predicted molar refractivity (Wildman–Crippen MR) is 86.6 cm³/mol. The SMILES string of the molecule is Cc1cc(C)cc(N(C)c2nc3sccn3c2CCl)c1. The lowest BCUT2D eigenvalue weighted by molar-refractivity contribution is 1.07. The van der Waals surface area contributed by atoms with E-state index >= 15 is 0 Å². The molecular formula is C15H16ClN3S. The van der Waals surface area contributed by atoms with Gasteiger partial charge < -0.3 is 4.90 Å².